The lowest BCUT2D eigenvalue weighted by atomic mass is 10.0. The number of hydrogen-bond donors (Lipinski definition) is 3. The summed E-state index contributed by atoms with van der Waals surface area (Å²) < 4.78 is 23.4. The van der Waals surface area contributed by atoms with Crippen LogP contribution in [0.25, 0.3) is 0 Å². The van der Waals surface area contributed by atoms with Gasteiger partial charge in [0.05, 0.1) is 39.9 Å². The van der Waals surface area contributed by atoms with Crippen molar-refractivity contribution < 1.29 is 32.9 Å². The van der Waals surface area contributed by atoms with Crippen LogP contribution in [0.15, 0.2) is 48.6 Å². The van der Waals surface area contributed by atoms with E-state index in [-0.39, 0.29) is 19.1 Å². The molecule has 8 nitrogen and oxygen atoms in total. The van der Waals surface area contributed by atoms with Crippen molar-refractivity contribution in [2.24, 2.45) is 0 Å². The predicted octanol–water partition coefficient (Wildman–Crippen LogP) is 12.1. The van der Waals surface area contributed by atoms with Crippen molar-refractivity contribution >= 4 is 13.7 Å². The van der Waals surface area contributed by atoms with Crippen molar-refractivity contribution in [1.82, 2.24) is 5.32 Å². The summed E-state index contributed by atoms with van der Waals surface area (Å²) in [6.07, 6.45) is 46.3. The van der Waals surface area contributed by atoms with Crippen LogP contribution < -0.4 is 5.32 Å². The Morgan fingerprint density at radius 1 is 0.630 bits per heavy atom. The minimum atomic E-state index is -4.34. The number of phosphoric acid groups is 1. The van der Waals surface area contributed by atoms with Gasteiger partial charge in [-0.3, -0.25) is 13.8 Å². The zero-order valence-electron chi connectivity index (χ0n) is 35.7. The lowest BCUT2D eigenvalue weighted by Crippen LogP contribution is -2.45. The first kappa shape index (κ1) is 52.5. The molecular formula is C45H86N2O6P+. The van der Waals surface area contributed by atoms with E-state index in [0.717, 1.165) is 44.9 Å². The molecule has 0 rings (SSSR count). The van der Waals surface area contributed by atoms with E-state index >= 15 is 0 Å². The molecule has 9 heteroatoms. The first-order valence-electron chi connectivity index (χ1n) is 22.0. The van der Waals surface area contributed by atoms with Gasteiger partial charge in [-0.15, -0.1) is 0 Å². The van der Waals surface area contributed by atoms with Crippen LogP contribution in [0.2, 0.25) is 0 Å². The average molecular weight is 782 g/mol. The van der Waals surface area contributed by atoms with E-state index in [1.165, 1.54) is 116 Å². The lowest BCUT2D eigenvalue weighted by Gasteiger charge is -2.25. The van der Waals surface area contributed by atoms with E-state index < -0.39 is 20.0 Å². The van der Waals surface area contributed by atoms with Gasteiger partial charge in [-0.2, -0.15) is 0 Å². The minimum absolute atomic E-state index is 0.0543. The molecule has 0 aliphatic carbocycles. The SMILES string of the molecule is CCCCC/C=C/CC/C=C/C(O)C(COP(=O)(O)OCC[N+](C)(C)C)NC(=O)CCCCCCCCCCCCC/C=C\C/C=C\CCCCCCC. The maximum atomic E-state index is 12.8. The fraction of sp³-hybridized carbons (Fsp3) is 0.800. The van der Waals surface area contributed by atoms with Crippen LogP contribution in [-0.4, -0.2) is 73.4 Å². The molecule has 3 N–H and O–H groups in total. The monoisotopic (exact) mass is 782 g/mol. The number of nitrogens with zero attached hydrogens (tertiary/aromatic N) is 1. The Kier molecular flexibility index (Phi) is 36.0. The summed E-state index contributed by atoms with van der Waals surface area (Å²) in [7, 11) is 1.55. The number of aliphatic hydroxyl groups excluding tert-OH is 1. The molecule has 0 aromatic rings. The van der Waals surface area contributed by atoms with Crippen LogP contribution in [0.5, 0.6) is 0 Å². The number of quaternary nitrogens is 1. The van der Waals surface area contributed by atoms with E-state index in [2.05, 4.69) is 55.6 Å². The van der Waals surface area contributed by atoms with Crippen LogP contribution in [0.1, 0.15) is 181 Å². The summed E-state index contributed by atoms with van der Waals surface area (Å²) in [5.41, 5.74) is 0. The van der Waals surface area contributed by atoms with Crippen LogP contribution in [0, 0.1) is 0 Å². The van der Waals surface area contributed by atoms with Crippen molar-refractivity contribution in [2.45, 2.75) is 193 Å². The molecule has 316 valence electrons. The van der Waals surface area contributed by atoms with Gasteiger partial charge in [-0.05, 0) is 64.2 Å². The van der Waals surface area contributed by atoms with Crippen molar-refractivity contribution in [3.05, 3.63) is 48.6 Å². The lowest BCUT2D eigenvalue weighted by molar-refractivity contribution is -0.870. The molecule has 0 radical (unpaired) electrons. The Labute approximate surface area is 333 Å². The number of rotatable bonds is 39. The average Bonchev–Trinajstić information content (AvgIpc) is 3.12. The van der Waals surface area contributed by atoms with Crippen molar-refractivity contribution in [1.29, 1.82) is 0 Å². The molecule has 0 fully saturated rings. The molecule has 0 aromatic carbocycles. The quantitative estimate of drug-likeness (QED) is 0.0248. The molecule has 0 spiro atoms. The number of amides is 1. The van der Waals surface area contributed by atoms with Gasteiger partial charge in [0.15, 0.2) is 0 Å². The maximum absolute atomic E-state index is 12.8. The number of aliphatic hydroxyl groups is 1. The van der Waals surface area contributed by atoms with E-state index in [0.29, 0.717) is 17.4 Å². The Morgan fingerprint density at radius 2 is 1.07 bits per heavy atom. The highest BCUT2D eigenvalue weighted by Gasteiger charge is 2.27. The number of hydrogen-bond acceptors (Lipinski definition) is 5. The molecule has 1 amide bonds. The molecule has 0 saturated heterocycles. The topological polar surface area (TPSA) is 105 Å². The summed E-state index contributed by atoms with van der Waals surface area (Å²) >= 11 is 0. The molecule has 0 aliphatic heterocycles. The standard InChI is InChI=1S/C45H85N2O6P/c1-6-8-10-12-14-16-17-18-19-20-21-22-23-24-25-26-27-28-29-31-33-35-37-39-45(49)46-43(42-53-54(50,51)52-41-40-47(3,4)5)44(48)38-36-34-32-30-15-13-11-9-7-2/h15,17-18,20-21,30,36,38,43-44,48H,6-14,16,19,22-29,31-35,37,39-42H2,1-5H3,(H-,46,49,50,51)/p+1/b18-17-,21-20-,30-15+,38-36+. The summed E-state index contributed by atoms with van der Waals surface area (Å²) in [6, 6.07) is -0.862. The van der Waals surface area contributed by atoms with Crippen LogP contribution in [0.3, 0.4) is 0 Å². The third kappa shape index (κ3) is 38.7. The molecule has 3 unspecified atom stereocenters. The Balaban J connectivity index is 4.25. The molecular weight excluding hydrogens is 695 g/mol. The van der Waals surface area contributed by atoms with Gasteiger partial charge >= 0.3 is 7.82 Å². The highest BCUT2D eigenvalue weighted by Crippen LogP contribution is 2.43. The van der Waals surface area contributed by atoms with Gasteiger partial charge in [0.1, 0.15) is 13.2 Å². The van der Waals surface area contributed by atoms with Crippen molar-refractivity contribution in [3.8, 4) is 0 Å². The zero-order valence-corrected chi connectivity index (χ0v) is 36.6. The first-order valence-corrected chi connectivity index (χ1v) is 23.5. The first-order chi connectivity index (χ1) is 26.0. The summed E-state index contributed by atoms with van der Waals surface area (Å²) in [5.74, 6) is -0.194. The van der Waals surface area contributed by atoms with Crippen LogP contribution in [0.4, 0.5) is 0 Å². The Hall–Kier alpha value is -1.54. The van der Waals surface area contributed by atoms with Gasteiger partial charge in [0, 0.05) is 6.42 Å². The van der Waals surface area contributed by atoms with Crippen molar-refractivity contribution in [3.63, 3.8) is 0 Å². The second kappa shape index (κ2) is 37.1. The Bertz CT molecular complexity index is 1020. The number of likely N-dealkylation sites (N-methyl/N-ethyl adjacent to an activating group) is 1. The number of phosphoric ester groups is 1. The fourth-order valence-electron chi connectivity index (χ4n) is 5.97. The largest absolute Gasteiger partial charge is 0.472 e. The third-order valence-corrected chi connectivity index (χ3v) is 10.5. The predicted molar refractivity (Wildman–Crippen MR) is 231 cm³/mol. The number of nitrogens with one attached hydrogen (secondary N) is 1. The van der Waals surface area contributed by atoms with Gasteiger partial charge in [-0.1, -0.05) is 159 Å². The maximum Gasteiger partial charge on any atom is 0.472 e. The summed E-state index contributed by atoms with van der Waals surface area (Å²) in [5, 5.41) is 13.7. The molecule has 3 atom stereocenters. The van der Waals surface area contributed by atoms with E-state index in [1.54, 1.807) is 6.08 Å². The molecule has 0 aromatic heterocycles. The van der Waals surface area contributed by atoms with Gasteiger partial charge in [-0.25, -0.2) is 4.57 Å². The highest BCUT2D eigenvalue weighted by atomic mass is 31.2. The van der Waals surface area contributed by atoms with E-state index in [1.807, 2.05) is 27.2 Å². The van der Waals surface area contributed by atoms with Gasteiger partial charge in [0.2, 0.25) is 5.91 Å². The summed E-state index contributed by atoms with van der Waals surface area (Å²) in [6.45, 7) is 4.71. The van der Waals surface area contributed by atoms with Crippen LogP contribution in [-0.2, 0) is 18.4 Å². The van der Waals surface area contributed by atoms with E-state index in [9.17, 15) is 19.4 Å². The zero-order chi connectivity index (χ0) is 40.0. The normalized spacial score (nSPS) is 14.9. The minimum Gasteiger partial charge on any atom is -0.387 e. The van der Waals surface area contributed by atoms with Gasteiger partial charge in [0.25, 0.3) is 0 Å². The molecule has 0 heterocycles. The molecule has 0 aliphatic rings. The second-order valence-electron chi connectivity index (χ2n) is 16.1. The highest BCUT2D eigenvalue weighted by molar-refractivity contribution is 7.47. The number of carbonyl (C=O) groups excluding carboxylic acids is 1. The number of carbonyl (C=O) groups is 1. The molecule has 0 bridgehead atoms. The Morgan fingerprint density at radius 3 is 1.63 bits per heavy atom. The fourth-order valence-corrected chi connectivity index (χ4v) is 6.70. The number of allylic oxidation sites excluding steroid dienone is 7. The molecule has 54 heavy (non-hydrogen) atoms. The summed E-state index contributed by atoms with van der Waals surface area (Å²) in [4.78, 5) is 23.0. The van der Waals surface area contributed by atoms with Crippen LogP contribution >= 0.6 is 7.82 Å². The van der Waals surface area contributed by atoms with Gasteiger partial charge < -0.3 is 19.8 Å². The number of unbranched alkanes of at least 4 members (excludes halogenated alkanes) is 20. The van der Waals surface area contributed by atoms with Crippen molar-refractivity contribution in [2.75, 3.05) is 40.9 Å². The smallest absolute Gasteiger partial charge is 0.387 e. The third-order valence-electron chi connectivity index (χ3n) is 9.52. The second-order valence-corrected chi connectivity index (χ2v) is 17.5. The van der Waals surface area contributed by atoms with E-state index in [4.69, 9.17) is 9.05 Å². The molecule has 0 saturated carbocycles.